The zero-order chi connectivity index (χ0) is 21.6. The van der Waals surface area contributed by atoms with Crippen LogP contribution in [0.25, 0.3) is 16.9 Å². The molecule has 0 aliphatic carbocycles. The molecule has 0 saturated heterocycles. The van der Waals surface area contributed by atoms with Crippen LogP contribution in [0, 0.1) is 6.92 Å². The van der Waals surface area contributed by atoms with E-state index >= 15 is 0 Å². The monoisotopic (exact) mass is 433 g/mol. The Morgan fingerprint density at radius 1 is 1.10 bits per heavy atom. The fourth-order valence-electron chi connectivity index (χ4n) is 3.46. The molecule has 4 aromatic rings. The Kier molecular flexibility index (Phi) is 6.48. The number of hydrogen-bond donors (Lipinski definition) is 1. The van der Waals surface area contributed by atoms with Gasteiger partial charge in [0.25, 0.3) is 0 Å². The summed E-state index contributed by atoms with van der Waals surface area (Å²) in [5.41, 5.74) is 3.52. The first kappa shape index (κ1) is 20.9. The molecule has 0 bridgehead atoms. The van der Waals surface area contributed by atoms with Gasteiger partial charge < -0.3 is 9.88 Å². The van der Waals surface area contributed by atoms with Crippen molar-refractivity contribution in [1.82, 2.24) is 24.6 Å². The van der Waals surface area contributed by atoms with Crippen LogP contribution in [0.2, 0.25) is 5.02 Å². The molecule has 158 valence electrons. The Morgan fingerprint density at radius 2 is 1.87 bits per heavy atom. The van der Waals surface area contributed by atoms with Crippen molar-refractivity contribution < 1.29 is 4.79 Å². The number of rotatable bonds is 8. The lowest BCUT2D eigenvalue weighted by molar-refractivity contribution is -0.120. The highest BCUT2D eigenvalue weighted by molar-refractivity contribution is 6.30. The number of nitrogens with one attached hydrogen (secondary N) is 1. The highest BCUT2D eigenvalue weighted by atomic mass is 35.5. The molecular weight excluding hydrogens is 410 g/mol. The fourth-order valence-corrected chi connectivity index (χ4v) is 3.58. The molecular formula is C24H24ClN5O. The molecule has 2 aromatic carbocycles. The van der Waals surface area contributed by atoms with E-state index in [9.17, 15) is 4.79 Å². The number of imidazole rings is 1. The van der Waals surface area contributed by atoms with Crippen molar-refractivity contribution in [2.45, 2.75) is 26.3 Å². The first-order valence-corrected chi connectivity index (χ1v) is 10.6. The molecule has 0 fully saturated rings. The second-order valence-corrected chi connectivity index (χ2v) is 7.77. The number of nitrogens with zero attached hydrogens (tertiary/aromatic N) is 4. The minimum Gasteiger partial charge on any atom is -0.356 e. The van der Waals surface area contributed by atoms with Crippen LogP contribution in [-0.4, -0.2) is 31.8 Å². The zero-order valence-electron chi connectivity index (χ0n) is 17.3. The molecule has 1 N–H and O–H groups in total. The highest BCUT2D eigenvalue weighted by Crippen LogP contribution is 2.25. The van der Waals surface area contributed by atoms with Gasteiger partial charge in [0.1, 0.15) is 5.82 Å². The van der Waals surface area contributed by atoms with Crippen molar-refractivity contribution in [1.29, 1.82) is 0 Å². The number of halogens is 1. The lowest BCUT2D eigenvalue weighted by Crippen LogP contribution is -2.27. The standard InChI is InChI=1S/C24H24ClN5O/c1-18-26-13-15-29(18)14-5-12-27-23(31)16-20-17-30(22-6-3-2-4-7-22)28-24(20)19-8-10-21(25)11-9-19/h2-4,6-11,13,15,17H,5,12,14,16H2,1H3,(H,27,31). The summed E-state index contributed by atoms with van der Waals surface area (Å²) in [7, 11) is 0. The largest absolute Gasteiger partial charge is 0.356 e. The van der Waals surface area contributed by atoms with Crippen molar-refractivity contribution in [3.8, 4) is 16.9 Å². The average molecular weight is 434 g/mol. The van der Waals surface area contributed by atoms with Crippen LogP contribution >= 0.6 is 11.6 Å². The van der Waals surface area contributed by atoms with Crippen molar-refractivity contribution in [2.75, 3.05) is 6.54 Å². The molecule has 0 atom stereocenters. The first-order chi connectivity index (χ1) is 15.1. The molecule has 6 nitrogen and oxygen atoms in total. The van der Waals surface area contributed by atoms with Crippen molar-refractivity contribution in [2.24, 2.45) is 0 Å². The summed E-state index contributed by atoms with van der Waals surface area (Å²) < 4.78 is 3.89. The molecule has 31 heavy (non-hydrogen) atoms. The molecule has 7 heteroatoms. The topological polar surface area (TPSA) is 64.7 Å². The lowest BCUT2D eigenvalue weighted by atomic mass is 10.1. The molecule has 0 aliphatic heterocycles. The normalized spacial score (nSPS) is 10.9. The van der Waals surface area contributed by atoms with E-state index in [4.69, 9.17) is 16.7 Å². The third-order valence-corrected chi connectivity index (χ3v) is 5.35. The molecule has 0 saturated carbocycles. The van der Waals surface area contributed by atoms with E-state index in [1.54, 1.807) is 6.20 Å². The van der Waals surface area contributed by atoms with Crippen LogP contribution in [0.15, 0.2) is 73.2 Å². The van der Waals surface area contributed by atoms with Crippen molar-refractivity contribution >= 4 is 17.5 Å². The van der Waals surface area contributed by atoms with Gasteiger partial charge >= 0.3 is 0 Å². The van der Waals surface area contributed by atoms with Gasteiger partial charge in [0.15, 0.2) is 0 Å². The number of hydrogen-bond acceptors (Lipinski definition) is 3. The third-order valence-electron chi connectivity index (χ3n) is 5.10. The minimum atomic E-state index is -0.0230. The summed E-state index contributed by atoms with van der Waals surface area (Å²) in [5, 5.41) is 8.44. The second kappa shape index (κ2) is 9.62. The predicted molar refractivity (Wildman–Crippen MR) is 122 cm³/mol. The van der Waals surface area contributed by atoms with Gasteiger partial charge in [-0.1, -0.05) is 41.9 Å². The van der Waals surface area contributed by atoms with Crippen LogP contribution in [0.3, 0.4) is 0 Å². The van der Waals surface area contributed by atoms with E-state index in [1.165, 1.54) is 0 Å². The van der Waals surface area contributed by atoms with Gasteiger partial charge in [-0.3, -0.25) is 4.79 Å². The maximum absolute atomic E-state index is 12.6. The van der Waals surface area contributed by atoms with Crippen LogP contribution < -0.4 is 5.32 Å². The van der Waals surface area contributed by atoms with Crippen LogP contribution in [0.5, 0.6) is 0 Å². The molecule has 0 radical (unpaired) electrons. The summed E-state index contributed by atoms with van der Waals surface area (Å²) in [6, 6.07) is 17.4. The molecule has 0 unspecified atom stereocenters. The maximum Gasteiger partial charge on any atom is 0.224 e. The Bertz CT molecular complexity index is 1150. The van der Waals surface area contributed by atoms with Gasteiger partial charge in [0.2, 0.25) is 5.91 Å². The number of amides is 1. The van der Waals surface area contributed by atoms with Gasteiger partial charge in [-0.15, -0.1) is 0 Å². The van der Waals surface area contributed by atoms with E-state index in [1.807, 2.05) is 78.6 Å². The van der Waals surface area contributed by atoms with Crippen LogP contribution in [0.1, 0.15) is 17.8 Å². The quantitative estimate of drug-likeness (QED) is 0.417. The van der Waals surface area contributed by atoms with E-state index in [2.05, 4.69) is 14.9 Å². The summed E-state index contributed by atoms with van der Waals surface area (Å²) in [4.78, 5) is 16.9. The molecule has 0 aliphatic rings. The maximum atomic E-state index is 12.6. The smallest absolute Gasteiger partial charge is 0.224 e. The third kappa shape index (κ3) is 5.22. The summed E-state index contributed by atoms with van der Waals surface area (Å²) in [6.45, 7) is 3.41. The van der Waals surface area contributed by atoms with E-state index < -0.39 is 0 Å². The van der Waals surface area contributed by atoms with Crippen molar-refractivity contribution in [3.05, 3.63) is 89.6 Å². The molecule has 4 rings (SSSR count). The van der Waals surface area contributed by atoms with Gasteiger partial charge in [0, 0.05) is 47.8 Å². The Hall–Kier alpha value is -3.38. The molecule has 0 spiro atoms. The summed E-state index contributed by atoms with van der Waals surface area (Å²) in [5.74, 6) is 0.956. The van der Waals surface area contributed by atoms with E-state index in [0.717, 1.165) is 41.3 Å². The van der Waals surface area contributed by atoms with Gasteiger partial charge in [0.05, 0.1) is 17.8 Å². The number of para-hydroxylation sites is 1. The Balaban J connectivity index is 1.46. The first-order valence-electron chi connectivity index (χ1n) is 10.2. The number of carbonyl (C=O) groups excluding carboxylic acids is 1. The Labute approximate surface area is 186 Å². The zero-order valence-corrected chi connectivity index (χ0v) is 18.1. The van der Waals surface area contributed by atoms with Crippen LogP contribution in [-0.2, 0) is 17.8 Å². The van der Waals surface area contributed by atoms with E-state index in [-0.39, 0.29) is 12.3 Å². The lowest BCUT2D eigenvalue weighted by Gasteiger charge is -2.07. The molecule has 2 heterocycles. The average Bonchev–Trinajstić information content (AvgIpc) is 3.39. The van der Waals surface area contributed by atoms with Gasteiger partial charge in [-0.2, -0.15) is 5.10 Å². The fraction of sp³-hybridized carbons (Fsp3) is 0.208. The van der Waals surface area contributed by atoms with E-state index in [0.29, 0.717) is 11.6 Å². The number of carbonyl (C=O) groups is 1. The molecule has 1 amide bonds. The number of aryl methyl sites for hydroxylation is 2. The summed E-state index contributed by atoms with van der Waals surface area (Å²) >= 11 is 6.05. The second-order valence-electron chi connectivity index (χ2n) is 7.34. The van der Waals surface area contributed by atoms with Gasteiger partial charge in [-0.05, 0) is 37.6 Å². The Morgan fingerprint density at radius 3 is 2.58 bits per heavy atom. The van der Waals surface area contributed by atoms with Crippen LogP contribution in [0.4, 0.5) is 0 Å². The highest BCUT2D eigenvalue weighted by Gasteiger charge is 2.15. The predicted octanol–water partition coefficient (Wildman–Crippen LogP) is 4.45. The minimum absolute atomic E-state index is 0.0230. The van der Waals surface area contributed by atoms with Crippen molar-refractivity contribution in [3.63, 3.8) is 0 Å². The SMILES string of the molecule is Cc1nccn1CCCNC(=O)Cc1cn(-c2ccccc2)nc1-c1ccc(Cl)cc1. The molecule has 2 aromatic heterocycles. The summed E-state index contributed by atoms with van der Waals surface area (Å²) in [6.07, 6.45) is 6.77. The number of aromatic nitrogens is 4. The number of benzene rings is 2. The van der Waals surface area contributed by atoms with Gasteiger partial charge in [-0.25, -0.2) is 9.67 Å².